The molecule has 3 nitrogen and oxygen atoms in total. The number of rotatable bonds is 10. The number of hydrogen-bond donors (Lipinski definition) is 0. The average molecular weight is 906 g/mol. The molecular formula is C68H47N3. The van der Waals surface area contributed by atoms with Crippen molar-refractivity contribution >= 4 is 77.5 Å². The maximum absolute atomic E-state index is 2.51. The molecule has 0 aliphatic rings. The minimum atomic E-state index is 1.07. The zero-order valence-corrected chi connectivity index (χ0v) is 39.0. The monoisotopic (exact) mass is 905 g/mol. The van der Waals surface area contributed by atoms with E-state index in [1.54, 1.807) is 0 Å². The molecule has 0 bridgehead atoms. The van der Waals surface area contributed by atoms with Crippen molar-refractivity contribution in [2.24, 2.45) is 0 Å². The van der Waals surface area contributed by atoms with Gasteiger partial charge in [-0.15, -0.1) is 0 Å². The Morgan fingerprint density at radius 1 is 0.239 bits per heavy atom. The van der Waals surface area contributed by atoms with Crippen LogP contribution in [0.5, 0.6) is 0 Å². The molecular weight excluding hydrogens is 859 g/mol. The smallest absolute Gasteiger partial charge is 0.0569 e. The van der Waals surface area contributed by atoms with Crippen LogP contribution < -0.4 is 9.80 Å². The average Bonchev–Trinajstić information content (AvgIpc) is 3.80. The number of para-hydroxylation sites is 2. The van der Waals surface area contributed by atoms with E-state index in [9.17, 15) is 0 Å². The third kappa shape index (κ3) is 7.49. The molecule has 1 heterocycles. The quantitative estimate of drug-likeness (QED) is 0.135. The second-order valence-electron chi connectivity index (χ2n) is 18.1. The lowest BCUT2D eigenvalue weighted by atomic mass is 9.95. The topological polar surface area (TPSA) is 11.4 Å². The van der Waals surface area contributed by atoms with Gasteiger partial charge in [-0.1, -0.05) is 206 Å². The fraction of sp³-hybridized carbons (Fsp3) is 0. The van der Waals surface area contributed by atoms with Gasteiger partial charge in [-0.3, -0.25) is 0 Å². The Bertz CT molecular complexity index is 4000. The van der Waals surface area contributed by atoms with Crippen LogP contribution in [0.15, 0.2) is 285 Å². The molecule has 334 valence electrons. The molecule has 3 heteroatoms. The van der Waals surface area contributed by atoms with Crippen LogP contribution in [0.4, 0.5) is 34.1 Å². The van der Waals surface area contributed by atoms with Crippen molar-refractivity contribution in [1.82, 2.24) is 4.57 Å². The van der Waals surface area contributed by atoms with E-state index in [1.165, 1.54) is 54.9 Å². The molecule has 0 aliphatic carbocycles. The van der Waals surface area contributed by atoms with E-state index in [2.05, 4.69) is 299 Å². The molecule has 0 N–H and O–H groups in total. The summed E-state index contributed by atoms with van der Waals surface area (Å²) in [6.45, 7) is 0. The van der Waals surface area contributed by atoms with E-state index in [0.717, 1.165) is 61.6 Å². The molecule has 0 amide bonds. The van der Waals surface area contributed by atoms with Crippen molar-refractivity contribution in [3.63, 3.8) is 0 Å². The molecule has 0 saturated carbocycles. The fourth-order valence-electron chi connectivity index (χ4n) is 10.7. The number of benzene rings is 12. The summed E-state index contributed by atoms with van der Waals surface area (Å²) in [5, 5.41) is 7.14. The van der Waals surface area contributed by atoms with Crippen molar-refractivity contribution in [3.05, 3.63) is 285 Å². The summed E-state index contributed by atoms with van der Waals surface area (Å²) in [5.74, 6) is 0. The van der Waals surface area contributed by atoms with Gasteiger partial charge < -0.3 is 14.4 Å². The summed E-state index contributed by atoms with van der Waals surface area (Å²) in [6.07, 6.45) is 0. The number of hydrogen-bond acceptors (Lipinski definition) is 2. The highest BCUT2D eigenvalue weighted by molar-refractivity contribution is 6.33. The fourth-order valence-corrected chi connectivity index (χ4v) is 10.7. The maximum Gasteiger partial charge on any atom is 0.0569 e. The second-order valence-corrected chi connectivity index (χ2v) is 18.1. The van der Waals surface area contributed by atoms with Crippen molar-refractivity contribution in [2.75, 3.05) is 9.80 Å². The molecule has 0 atom stereocenters. The van der Waals surface area contributed by atoms with Gasteiger partial charge in [0, 0.05) is 50.0 Å². The molecule has 13 rings (SSSR count). The Morgan fingerprint density at radius 2 is 0.676 bits per heavy atom. The van der Waals surface area contributed by atoms with Gasteiger partial charge in [0.1, 0.15) is 0 Å². The van der Waals surface area contributed by atoms with Gasteiger partial charge >= 0.3 is 0 Å². The van der Waals surface area contributed by atoms with Crippen molar-refractivity contribution in [1.29, 1.82) is 0 Å². The SMILES string of the molecule is c1ccc(-c2ccc(N(c3ccccc3)c3cc4c(c5c(N(c6ccccc6)c6ccc(-c7ccccc7)cc6)cccc35)c3c5ccccc5ccc3n4-c3cccc(-c4ccccc4)c3)cc2)cc1. The zero-order chi connectivity index (χ0) is 47.1. The van der Waals surface area contributed by atoms with Gasteiger partial charge in [-0.05, 0) is 123 Å². The zero-order valence-electron chi connectivity index (χ0n) is 39.0. The Labute approximate surface area is 414 Å². The van der Waals surface area contributed by atoms with Crippen LogP contribution in [0.3, 0.4) is 0 Å². The van der Waals surface area contributed by atoms with Gasteiger partial charge in [-0.2, -0.15) is 0 Å². The molecule has 71 heavy (non-hydrogen) atoms. The first-order chi connectivity index (χ1) is 35.2. The summed E-state index contributed by atoms with van der Waals surface area (Å²) in [7, 11) is 0. The molecule has 0 spiro atoms. The Balaban J connectivity index is 1.17. The highest BCUT2D eigenvalue weighted by Gasteiger charge is 2.27. The standard InChI is InChI=1S/C68H47N3/c1-6-20-48(21-7-1)51-36-41-57(42-37-51)69(55-28-12-4-13-29-55)62-35-19-34-61-64(70(56-30-14-5-15-31-56)58-43-38-52(39-44-58)49-22-8-2-9-23-49)47-65-68(67(61)62)66-60-33-17-16-26-53(60)40-45-63(66)71(65)59-32-18-27-54(46-59)50-24-10-3-11-25-50/h1-47H. The largest absolute Gasteiger partial charge is 0.310 e. The van der Waals surface area contributed by atoms with Crippen LogP contribution in [0, 0.1) is 0 Å². The van der Waals surface area contributed by atoms with E-state index in [0.29, 0.717) is 0 Å². The predicted octanol–water partition coefficient (Wildman–Crippen LogP) is 19.0. The minimum Gasteiger partial charge on any atom is -0.310 e. The van der Waals surface area contributed by atoms with E-state index >= 15 is 0 Å². The minimum absolute atomic E-state index is 1.07. The highest BCUT2D eigenvalue weighted by atomic mass is 15.2. The summed E-state index contributed by atoms with van der Waals surface area (Å²) in [4.78, 5) is 4.90. The van der Waals surface area contributed by atoms with Crippen LogP contribution in [0.25, 0.3) is 82.4 Å². The van der Waals surface area contributed by atoms with Gasteiger partial charge in [0.2, 0.25) is 0 Å². The van der Waals surface area contributed by atoms with Crippen LogP contribution in [0.1, 0.15) is 0 Å². The number of anilines is 6. The Kier molecular flexibility index (Phi) is 10.5. The number of nitrogens with zero attached hydrogens (tertiary/aromatic N) is 3. The van der Waals surface area contributed by atoms with Crippen molar-refractivity contribution in [2.45, 2.75) is 0 Å². The van der Waals surface area contributed by atoms with E-state index < -0.39 is 0 Å². The van der Waals surface area contributed by atoms with E-state index in [4.69, 9.17) is 0 Å². The molecule has 12 aromatic carbocycles. The van der Waals surface area contributed by atoms with Crippen LogP contribution >= 0.6 is 0 Å². The molecule has 0 aliphatic heterocycles. The van der Waals surface area contributed by atoms with Crippen LogP contribution in [0.2, 0.25) is 0 Å². The summed E-state index contributed by atoms with van der Waals surface area (Å²) < 4.78 is 2.51. The first kappa shape index (κ1) is 41.7. The molecule has 0 fully saturated rings. The molecule has 0 saturated heterocycles. The second kappa shape index (κ2) is 17.9. The molecule has 13 aromatic rings. The third-order valence-electron chi connectivity index (χ3n) is 13.9. The number of fused-ring (bicyclic) bond motifs is 7. The predicted molar refractivity (Wildman–Crippen MR) is 301 cm³/mol. The van der Waals surface area contributed by atoms with Crippen molar-refractivity contribution < 1.29 is 0 Å². The lowest BCUT2D eigenvalue weighted by Gasteiger charge is -2.30. The van der Waals surface area contributed by atoms with Gasteiger partial charge in [0.15, 0.2) is 0 Å². The van der Waals surface area contributed by atoms with Crippen molar-refractivity contribution in [3.8, 4) is 39.1 Å². The Hall–Kier alpha value is -9.44. The summed E-state index contributed by atoms with van der Waals surface area (Å²) in [5.41, 5.74) is 16.9. The summed E-state index contributed by atoms with van der Waals surface area (Å²) >= 11 is 0. The van der Waals surface area contributed by atoms with E-state index in [1.807, 2.05) is 0 Å². The lowest BCUT2D eigenvalue weighted by molar-refractivity contribution is 1.18. The van der Waals surface area contributed by atoms with Gasteiger partial charge in [0.25, 0.3) is 0 Å². The van der Waals surface area contributed by atoms with E-state index in [-0.39, 0.29) is 0 Å². The third-order valence-corrected chi connectivity index (χ3v) is 13.9. The number of aromatic nitrogens is 1. The lowest BCUT2D eigenvalue weighted by Crippen LogP contribution is -2.13. The normalized spacial score (nSPS) is 11.4. The maximum atomic E-state index is 2.51. The van der Waals surface area contributed by atoms with Gasteiger partial charge in [0.05, 0.1) is 22.4 Å². The molecule has 0 radical (unpaired) electrons. The Morgan fingerprint density at radius 3 is 1.25 bits per heavy atom. The molecule has 0 unspecified atom stereocenters. The highest BCUT2D eigenvalue weighted by Crippen LogP contribution is 2.51. The van der Waals surface area contributed by atoms with Crippen LogP contribution in [-0.2, 0) is 0 Å². The summed E-state index contributed by atoms with van der Waals surface area (Å²) in [6, 6.07) is 104. The first-order valence-corrected chi connectivity index (χ1v) is 24.3. The molecule has 1 aromatic heterocycles. The first-order valence-electron chi connectivity index (χ1n) is 24.3. The van der Waals surface area contributed by atoms with Gasteiger partial charge in [-0.25, -0.2) is 0 Å². The van der Waals surface area contributed by atoms with Crippen LogP contribution in [-0.4, -0.2) is 4.57 Å².